The van der Waals surface area contributed by atoms with E-state index in [4.69, 9.17) is 0 Å². The van der Waals surface area contributed by atoms with Gasteiger partial charge in [0.1, 0.15) is 21.6 Å². The summed E-state index contributed by atoms with van der Waals surface area (Å²) in [6, 6.07) is 1.89. The molecule has 2 rings (SSSR count). The maximum atomic E-state index is 4.26. The zero-order valence-electron chi connectivity index (χ0n) is 8.28. The van der Waals surface area contributed by atoms with Crippen LogP contribution in [-0.4, -0.2) is 24.5 Å². The van der Waals surface area contributed by atoms with Crippen molar-refractivity contribution in [3.63, 3.8) is 0 Å². The second kappa shape index (κ2) is 4.05. The van der Waals surface area contributed by atoms with Crippen LogP contribution in [0.1, 0.15) is 11.6 Å². The molecule has 0 radical (unpaired) electrons. The Balaban J connectivity index is 2.29. The largest absolute Gasteiger partial charge is 0.317 e. The molecule has 0 aliphatic rings. The van der Waals surface area contributed by atoms with Gasteiger partial charge in [-0.2, -0.15) is 5.10 Å². The number of halogens is 2. The Hall–Kier alpha value is -0.690. The van der Waals surface area contributed by atoms with E-state index in [0.717, 1.165) is 20.9 Å². The quantitative estimate of drug-likeness (QED) is 0.842. The third-order valence-corrected chi connectivity index (χ3v) is 3.20. The van der Waals surface area contributed by atoms with Crippen LogP contribution in [0.25, 0.3) is 0 Å². The number of aryl methyl sites for hydroxylation is 1. The molecule has 0 spiro atoms. The Morgan fingerprint density at radius 3 is 2.53 bits per heavy atom. The monoisotopic (exact) mass is 333 g/mol. The van der Waals surface area contributed by atoms with Crippen molar-refractivity contribution >= 4 is 31.9 Å². The molecule has 2 aromatic heterocycles. The van der Waals surface area contributed by atoms with E-state index in [-0.39, 0.29) is 0 Å². The van der Waals surface area contributed by atoms with Crippen molar-refractivity contribution in [2.45, 2.75) is 13.5 Å². The molecule has 0 fully saturated rings. The van der Waals surface area contributed by atoms with Gasteiger partial charge in [-0.15, -0.1) is 10.2 Å². The summed E-state index contributed by atoms with van der Waals surface area (Å²) in [5, 5.41) is 12.3. The van der Waals surface area contributed by atoms with Crippen molar-refractivity contribution in [3.8, 4) is 0 Å². The maximum Gasteiger partial charge on any atom is 0.154 e. The number of nitrogens with zero attached hydrogens (tertiary/aromatic N) is 5. The van der Waals surface area contributed by atoms with Crippen LogP contribution in [-0.2, 0) is 13.6 Å². The molecule has 0 saturated carbocycles. The minimum Gasteiger partial charge on any atom is -0.317 e. The minimum absolute atomic E-state index is 0.601. The molecule has 80 valence electrons. The Kier molecular flexibility index (Phi) is 2.92. The van der Waals surface area contributed by atoms with Crippen LogP contribution in [0.3, 0.4) is 0 Å². The van der Waals surface area contributed by atoms with Gasteiger partial charge in [-0.1, -0.05) is 0 Å². The molecule has 2 heterocycles. The van der Waals surface area contributed by atoms with Crippen LogP contribution in [0.2, 0.25) is 0 Å². The smallest absolute Gasteiger partial charge is 0.154 e. The Labute approximate surface area is 104 Å². The number of hydrogen-bond acceptors (Lipinski definition) is 3. The van der Waals surface area contributed by atoms with Crippen LogP contribution < -0.4 is 0 Å². The van der Waals surface area contributed by atoms with Crippen LogP contribution in [0, 0.1) is 6.92 Å². The third-order valence-electron chi connectivity index (χ3n) is 2.17. The zero-order valence-corrected chi connectivity index (χ0v) is 11.4. The molecule has 0 aliphatic carbocycles. The van der Waals surface area contributed by atoms with Crippen LogP contribution in [0.5, 0.6) is 0 Å². The lowest BCUT2D eigenvalue weighted by Gasteiger charge is -2.02. The fraction of sp³-hybridized carbons (Fsp3) is 0.375. The topological polar surface area (TPSA) is 48.5 Å². The van der Waals surface area contributed by atoms with Crippen molar-refractivity contribution in [2.75, 3.05) is 0 Å². The van der Waals surface area contributed by atoms with E-state index >= 15 is 0 Å². The molecule has 7 heteroatoms. The van der Waals surface area contributed by atoms with E-state index in [2.05, 4.69) is 47.2 Å². The van der Waals surface area contributed by atoms with Crippen molar-refractivity contribution < 1.29 is 0 Å². The molecule has 5 nitrogen and oxygen atoms in total. The molecule has 0 bridgehead atoms. The summed E-state index contributed by atoms with van der Waals surface area (Å²) in [6.07, 6.45) is 0. The van der Waals surface area contributed by atoms with E-state index in [1.165, 1.54) is 0 Å². The Morgan fingerprint density at radius 1 is 1.33 bits per heavy atom. The summed E-state index contributed by atoms with van der Waals surface area (Å²) < 4.78 is 5.47. The van der Waals surface area contributed by atoms with Crippen molar-refractivity contribution in [3.05, 3.63) is 26.9 Å². The fourth-order valence-corrected chi connectivity index (χ4v) is 2.34. The van der Waals surface area contributed by atoms with Gasteiger partial charge < -0.3 is 4.57 Å². The predicted molar refractivity (Wildman–Crippen MR) is 62.5 cm³/mol. The first-order valence-corrected chi connectivity index (χ1v) is 5.90. The first-order chi connectivity index (χ1) is 7.08. The predicted octanol–water partition coefficient (Wildman–Crippen LogP) is 1.89. The summed E-state index contributed by atoms with van der Waals surface area (Å²) in [5.41, 5.74) is 0. The van der Waals surface area contributed by atoms with Gasteiger partial charge in [0.15, 0.2) is 5.82 Å². The number of rotatable bonds is 2. The van der Waals surface area contributed by atoms with Crippen LogP contribution in [0.15, 0.2) is 15.3 Å². The van der Waals surface area contributed by atoms with E-state index in [0.29, 0.717) is 6.54 Å². The average molecular weight is 335 g/mol. The summed E-state index contributed by atoms with van der Waals surface area (Å²) >= 11 is 6.73. The Morgan fingerprint density at radius 2 is 2.07 bits per heavy atom. The summed E-state index contributed by atoms with van der Waals surface area (Å²) in [6.45, 7) is 2.52. The van der Waals surface area contributed by atoms with E-state index in [1.54, 1.807) is 0 Å². The molecule has 0 aliphatic heterocycles. The highest BCUT2D eigenvalue weighted by atomic mass is 79.9. The Bertz CT molecular complexity index is 487. The van der Waals surface area contributed by atoms with Crippen LogP contribution in [0.4, 0.5) is 0 Å². The molecular weight excluding hydrogens is 326 g/mol. The second-order valence-corrected chi connectivity index (χ2v) is 4.79. The number of aromatic nitrogens is 5. The van der Waals surface area contributed by atoms with Crippen molar-refractivity contribution in [1.29, 1.82) is 0 Å². The highest BCUT2D eigenvalue weighted by Gasteiger charge is 2.09. The van der Waals surface area contributed by atoms with Gasteiger partial charge in [-0.3, -0.25) is 0 Å². The third kappa shape index (κ3) is 2.12. The summed E-state index contributed by atoms with van der Waals surface area (Å²) in [7, 11) is 1.94. The highest BCUT2D eigenvalue weighted by Crippen LogP contribution is 2.17. The van der Waals surface area contributed by atoms with Crippen molar-refractivity contribution in [2.24, 2.45) is 7.05 Å². The van der Waals surface area contributed by atoms with E-state index < -0.39 is 0 Å². The molecule has 2 aromatic rings. The van der Waals surface area contributed by atoms with Gasteiger partial charge in [0.25, 0.3) is 0 Å². The first-order valence-electron chi connectivity index (χ1n) is 4.31. The van der Waals surface area contributed by atoms with E-state index in [9.17, 15) is 0 Å². The van der Waals surface area contributed by atoms with Gasteiger partial charge in [-0.25, -0.2) is 4.68 Å². The average Bonchev–Trinajstić information content (AvgIpc) is 2.64. The fourth-order valence-electron chi connectivity index (χ4n) is 1.20. The summed E-state index contributed by atoms with van der Waals surface area (Å²) in [5.74, 6) is 1.77. The highest BCUT2D eigenvalue weighted by molar-refractivity contribution is 9.11. The first kappa shape index (κ1) is 10.8. The van der Waals surface area contributed by atoms with Gasteiger partial charge in [0.2, 0.25) is 0 Å². The molecule has 15 heavy (non-hydrogen) atoms. The molecule has 0 saturated heterocycles. The molecule has 0 unspecified atom stereocenters. The molecular formula is C8H9Br2N5. The molecule has 0 atom stereocenters. The van der Waals surface area contributed by atoms with Crippen molar-refractivity contribution in [1.82, 2.24) is 24.5 Å². The van der Waals surface area contributed by atoms with E-state index in [1.807, 2.05) is 29.3 Å². The maximum absolute atomic E-state index is 4.26. The molecule has 0 aromatic carbocycles. The lowest BCUT2D eigenvalue weighted by Crippen LogP contribution is -2.08. The zero-order chi connectivity index (χ0) is 11.0. The van der Waals surface area contributed by atoms with Crippen LogP contribution >= 0.6 is 31.9 Å². The second-order valence-electron chi connectivity index (χ2n) is 3.17. The number of hydrogen-bond donors (Lipinski definition) is 0. The summed E-state index contributed by atoms with van der Waals surface area (Å²) in [4.78, 5) is 0. The lowest BCUT2D eigenvalue weighted by molar-refractivity contribution is 0.613. The normalized spacial score (nSPS) is 10.9. The molecule has 0 amide bonds. The van der Waals surface area contributed by atoms with Gasteiger partial charge in [0.05, 0.1) is 0 Å². The van der Waals surface area contributed by atoms with Gasteiger partial charge in [-0.05, 0) is 38.8 Å². The lowest BCUT2D eigenvalue weighted by atomic mass is 10.5. The van der Waals surface area contributed by atoms with Gasteiger partial charge in [0, 0.05) is 13.1 Å². The SMILES string of the molecule is Cc1nnc(Cn2nc(Br)cc2Br)n1C. The molecule has 0 N–H and O–H groups in total. The van der Waals surface area contributed by atoms with Gasteiger partial charge >= 0.3 is 0 Å². The standard InChI is InChI=1S/C8H9Br2N5/c1-5-11-12-8(14(5)2)4-15-7(10)3-6(9)13-15/h3H,4H2,1-2H3. The minimum atomic E-state index is 0.601.